The van der Waals surface area contributed by atoms with E-state index in [1.165, 1.54) is 4.57 Å². The molecule has 7 heteroatoms. The Bertz CT molecular complexity index is 1000. The number of methoxy groups -OCH3 is 1. The Balaban J connectivity index is 1.88. The maximum Gasteiger partial charge on any atom is 0.512 e. The summed E-state index contributed by atoms with van der Waals surface area (Å²) in [6.45, 7) is 0. The molecule has 0 aliphatic carbocycles. The fourth-order valence-electron chi connectivity index (χ4n) is 2.78. The smallest absolute Gasteiger partial charge is 0.497 e. The van der Waals surface area contributed by atoms with Crippen LogP contribution in [0.5, 0.6) is 5.75 Å². The van der Waals surface area contributed by atoms with Crippen LogP contribution in [0.1, 0.15) is 10.5 Å². The van der Waals surface area contributed by atoms with Crippen molar-refractivity contribution in [3.05, 3.63) is 58.8 Å². The number of ether oxygens (including phenoxy) is 1. The van der Waals surface area contributed by atoms with Gasteiger partial charge in [-0.1, -0.05) is 15.9 Å². The summed E-state index contributed by atoms with van der Waals surface area (Å²) in [5.74, 6) is 0.286. The summed E-state index contributed by atoms with van der Waals surface area (Å²) < 4.78 is 7.36. The largest absolute Gasteiger partial charge is 0.512 e. The number of hydrogen-bond acceptors (Lipinski definition) is 3. The van der Waals surface area contributed by atoms with Crippen molar-refractivity contribution in [2.75, 3.05) is 12.0 Å². The van der Waals surface area contributed by atoms with Crippen LogP contribution in [0.3, 0.4) is 0 Å². The van der Waals surface area contributed by atoms with Crippen molar-refractivity contribution in [3.63, 3.8) is 0 Å². The van der Waals surface area contributed by atoms with Crippen LogP contribution in [0.25, 0.3) is 11.0 Å². The number of fused-ring (bicyclic) bond motifs is 3. The Morgan fingerprint density at radius 1 is 1.12 bits per heavy atom. The molecule has 3 aromatic rings. The van der Waals surface area contributed by atoms with Gasteiger partial charge in [0, 0.05) is 16.6 Å². The number of aromatic amines is 1. The van der Waals surface area contributed by atoms with E-state index >= 15 is 0 Å². The summed E-state index contributed by atoms with van der Waals surface area (Å²) in [6, 6.07) is 11.9. The zero-order chi connectivity index (χ0) is 16.8. The summed E-state index contributed by atoms with van der Waals surface area (Å²) in [5, 5.41) is 0. The van der Waals surface area contributed by atoms with Gasteiger partial charge in [0.05, 0.1) is 7.11 Å². The average Bonchev–Trinajstić information content (AvgIpc) is 2.86. The van der Waals surface area contributed by atoms with Crippen LogP contribution in [0, 0.1) is 0 Å². The quantitative estimate of drug-likeness (QED) is 0.636. The highest BCUT2D eigenvalue weighted by Gasteiger charge is 2.49. The number of benzene rings is 2. The lowest BCUT2D eigenvalue weighted by Crippen LogP contribution is -2.47. The topological polar surface area (TPSA) is 64.6 Å². The van der Waals surface area contributed by atoms with Crippen LogP contribution in [-0.4, -0.2) is 19.0 Å². The van der Waals surface area contributed by atoms with E-state index in [1.54, 1.807) is 43.6 Å². The Labute approximate surface area is 145 Å². The summed E-state index contributed by atoms with van der Waals surface area (Å²) in [4.78, 5) is 29.8. The second kappa shape index (κ2) is 5.38. The SMILES string of the molecule is COc1ccc(N2C(=O)c3c[nH+]c4ccc(Br)cc4[n+]3C2=O)cc1. The van der Waals surface area contributed by atoms with Gasteiger partial charge in [0.25, 0.3) is 11.2 Å². The number of nitrogens with zero attached hydrogens (tertiary/aromatic N) is 2. The van der Waals surface area contributed by atoms with E-state index in [0.29, 0.717) is 22.6 Å². The minimum absolute atomic E-state index is 0.293. The maximum atomic E-state index is 12.9. The molecule has 2 heterocycles. The molecule has 2 aromatic carbocycles. The van der Waals surface area contributed by atoms with Gasteiger partial charge in [-0.25, -0.2) is 9.78 Å². The molecule has 4 rings (SSSR count). The van der Waals surface area contributed by atoms with Crippen LogP contribution in [0.2, 0.25) is 0 Å². The van der Waals surface area contributed by atoms with Crippen molar-refractivity contribution >= 4 is 44.6 Å². The van der Waals surface area contributed by atoms with E-state index in [-0.39, 0.29) is 5.91 Å². The lowest BCUT2D eigenvalue weighted by Gasteiger charge is -2.05. The van der Waals surface area contributed by atoms with Gasteiger partial charge in [-0.05, 0) is 30.3 Å². The molecule has 0 spiro atoms. The van der Waals surface area contributed by atoms with Crippen molar-refractivity contribution in [1.29, 1.82) is 0 Å². The number of halogens is 1. The van der Waals surface area contributed by atoms with Gasteiger partial charge in [-0.3, -0.25) is 0 Å². The van der Waals surface area contributed by atoms with Gasteiger partial charge >= 0.3 is 11.9 Å². The summed E-state index contributed by atoms with van der Waals surface area (Å²) in [7, 11) is 1.56. The summed E-state index contributed by atoms with van der Waals surface area (Å²) in [6.07, 6.45) is 1.56. The molecule has 1 aliphatic heterocycles. The molecule has 0 bridgehead atoms. The minimum atomic E-state index is -0.405. The summed E-state index contributed by atoms with van der Waals surface area (Å²) in [5.41, 5.74) is 2.19. The standard InChI is InChI=1S/C17H11BrN3O3/c1-24-12-5-3-11(4-6-12)20-16(22)15-9-19-13-7-2-10(18)8-14(13)21(15)17(20)23/h2-9H,1H3/q+1/p+1. The molecule has 0 fully saturated rings. The summed E-state index contributed by atoms with van der Waals surface area (Å²) >= 11 is 3.40. The first-order valence-electron chi connectivity index (χ1n) is 7.19. The molecular formula is C17H12BrN3O3+2. The minimum Gasteiger partial charge on any atom is -0.497 e. The van der Waals surface area contributed by atoms with E-state index in [0.717, 1.165) is 14.9 Å². The average molecular weight is 386 g/mol. The fraction of sp³-hybridized carbons (Fsp3) is 0.0588. The molecule has 1 N–H and O–H groups in total. The number of amides is 2. The van der Waals surface area contributed by atoms with Gasteiger partial charge in [0.15, 0.2) is 0 Å². The van der Waals surface area contributed by atoms with Crippen molar-refractivity contribution in [1.82, 2.24) is 0 Å². The normalized spacial score (nSPS) is 13.5. The molecule has 6 nitrogen and oxygen atoms in total. The first kappa shape index (κ1) is 14.8. The van der Waals surface area contributed by atoms with E-state index in [1.807, 2.05) is 12.1 Å². The van der Waals surface area contributed by atoms with Crippen molar-refractivity contribution in [2.45, 2.75) is 0 Å². The lowest BCUT2D eigenvalue weighted by atomic mass is 10.2. The number of carbonyl (C=O) groups excluding carboxylic acids is 2. The van der Waals surface area contributed by atoms with Crippen molar-refractivity contribution in [2.24, 2.45) is 0 Å². The predicted octanol–water partition coefficient (Wildman–Crippen LogP) is 2.34. The zero-order valence-corrected chi connectivity index (χ0v) is 14.2. The number of imide groups is 1. The van der Waals surface area contributed by atoms with E-state index in [9.17, 15) is 9.59 Å². The van der Waals surface area contributed by atoms with Crippen LogP contribution in [0.15, 0.2) is 53.1 Å². The lowest BCUT2D eigenvalue weighted by molar-refractivity contribution is -0.551. The third kappa shape index (κ3) is 2.09. The van der Waals surface area contributed by atoms with Crippen molar-refractivity contribution < 1.29 is 23.9 Å². The number of nitrogens with one attached hydrogen (secondary N) is 1. The predicted molar refractivity (Wildman–Crippen MR) is 89.0 cm³/mol. The van der Waals surface area contributed by atoms with Gasteiger partial charge < -0.3 is 4.74 Å². The van der Waals surface area contributed by atoms with Crippen LogP contribution >= 0.6 is 15.9 Å². The maximum absolute atomic E-state index is 12.9. The molecular weight excluding hydrogens is 374 g/mol. The molecule has 0 unspecified atom stereocenters. The fourth-order valence-corrected chi connectivity index (χ4v) is 3.13. The molecule has 0 saturated heterocycles. The molecule has 118 valence electrons. The van der Waals surface area contributed by atoms with Gasteiger partial charge in [-0.15, -0.1) is 9.47 Å². The zero-order valence-electron chi connectivity index (χ0n) is 12.6. The molecule has 2 amide bonds. The molecule has 0 radical (unpaired) electrons. The monoisotopic (exact) mass is 385 g/mol. The number of rotatable bonds is 2. The van der Waals surface area contributed by atoms with Crippen molar-refractivity contribution in [3.8, 4) is 5.75 Å². The van der Waals surface area contributed by atoms with E-state index < -0.39 is 6.03 Å². The molecule has 0 atom stereocenters. The van der Waals surface area contributed by atoms with Gasteiger partial charge in [0.2, 0.25) is 11.7 Å². The number of H-pyrrole nitrogens is 1. The Kier molecular flexibility index (Phi) is 3.31. The van der Waals surface area contributed by atoms with Crippen LogP contribution < -0.4 is 19.2 Å². The molecule has 1 aliphatic rings. The first-order valence-corrected chi connectivity index (χ1v) is 7.98. The van der Waals surface area contributed by atoms with E-state index in [4.69, 9.17) is 4.74 Å². The highest BCUT2D eigenvalue weighted by atomic mass is 79.9. The second-order valence-corrected chi connectivity index (χ2v) is 6.21. The molecule has 24 heavy (non-hydrogen) atoms. The third-order valence-electron chi connectivity index (χ3n) is 3.94. The third-order valence-corrected chi connectivity index (χ3v) is 4.43. The highest BCUT2D eigenvalue weighted by Crippen LogP contribution is 2.24. The van der Waals surface area contributed by atoms with Crippen LogP contribution in [0.4, 0.5) is 10.5 Å². The molecule has 0 saturated carbocycles. The number of aromatic nitrogens is 2. The second-order valence-electron chi connectivity index (χ2n) is 5.29. The number of carbonyl (C=O) groups is 2. The molecule has 1 aromatic heterocycles. The first-order chi connectivity index (χ1) is 11.6. The number of anilines is 1. The van der Waals surface area contributed by atoms with Gasteiger partial charge in [-0.2, -0.15) is 4.79 Å². The number of hydrogen-bond donors (Lipinski definition) is 0. The highest BCUT2D eigenvalue weighted by molar-refractivity contribution is 9.10. The van der Waals surface area contributed by atoms with E-state index in [2.05, 4.69) is 20.9 Å². The Morgan fingerprint density at radius 3 is 2.58 bits per heavy atom. The van der Waals surface area contributed by atoms with Crippen LogP contribution in [-0.2, 0) is 0 Å². The Hall–Kier alpha value is -2.80. The van der Waals surface area contributed by atoms with Gasteiger partial charge in [0.1, 0.15) is 11.4 Å². The Morgan fingerprint density at radius 2 is 1.88 bits per heavy atom.